The van der Waals surface area contributed by atoms with Gasteiger partial charge in [-0.05, 0) is 19.4 Å². The topological polar surface area (TPSA) is 86.6 Å². The highest BCUT2D eigenvalue weighted by atomic mass is 31.2. The molecule has 0 saturated heterocycles. The molecule has 2 unspecified atom stereocenters. The van der Waals surface area contributed by atoms with Crippen LogP contribution in [0.25, 0.3) is 0 Å². The highest BCUT2D eigenvalue weighted by molar-refractivity contribution is 7.52. The Morgan fingerprint density at radius 3 is 2.43 bits per heavy atom. The van der Waals surface area contributed by atoms with Gasteiger partial charge in [0.25, 0.3) is 0 Å². The maximum atomic E-state index is 11.0. The highest BCUT2D eigenvalue weighted by Crippen LogP contribution is 2.44. The zero-order chi connectivity index (χ0) is 11.4. The average molecular weight is 221 g/mol. The molecule has 5 nitrogen and oxygen atoms in total. The normalized spacial score (nSPS) is 15.7. The first-order valence-electron chi connectivity index (χ1n) is 4.31. The molecule has 0 aromatic rings. The molecule has 0 radical (unpaired) electrons. The molecule has 0 aromatic carbocycles. The lowest BCUT2D eigenvalue weighted by Gasteiger charge is -2.23. The third-order valence-corrected chi connectivity index (χ3v) is 3.66. The van der Waals surface area contributed by atoms with Crippen molar-refractivity contribution in [2.75, 3.05) is 0 Å². The minimum Gasteiger partial charge on any atom is -0.349 e. The van der Waals surface area contributed by atoms with E-state index >= 15 is 0 Å². The number of carbonyl (C=O) groups is 1. The number of nitrogens with one attached hydrogen (secondary N) is 1. The van der Waals surface area contributed by atoms with E-state index < -0.39 is 25.2 Å². The summed E-state index contributed by atoms with van der Waals surface area (Å²) in [6, 6.07) is -0.564. The standard InChI is InChI=1S/C8H16NO4P/c1-4-7(14(11,12)13)6(3)9-8(10)5-2/h5-7H,2,4H2,1,3H3,(H,9,10)(H2,11,12,13). The van der Waals surface area contributed by atoms with Crippen molar-refractivity contribution in [1.29, 1.82) is 0 Å². The molecule has 0 spiro atoms. The second-order valence-corrected chi connectivity index (χ2v) is 4.91. The molecule has 0 bridgehead atoms. The number of carbonyl (C=O) groups excluding carboxylic acids is 1. The number of hydrogen-bond donors (Lipinski definition) is 3. The Balaban J connectivity index is 4.47. The fourth-order valence-corrected chi connectivity index (χ4v) is 2.39. The predicted molar refractivity (Wildman–Crippen MR) is 53.9 cm³/mol. The van der Waals surface area contributed by atoms with Crippen LogP contribution in [0.4, 0.5) is 0 Å². The van der Waals surface area contributed by atoms with Crippen LogP contribution in [-0.2, 0) is 9.36 Å². The molecule has 82 valence electrons. The van der Waals surface area contributed by atoms with Crippen molar-refractivity contribution < 1.29 is 19.1 Å². The van der Waals surface area contributed by atoms with Gasteiger partial charge in [-0.3, -0.25) is 9.36 Å². The lowest BCUT2D eigenvalue weighted by Crippen LogP contribution is -2.39. The van der Waals surface area contributed by atoms with Crippen molar-refractivity contribution >= 4 is 13.5 Å². The smallest absolute Gasteiger partial charge is 0.330 e. The van der Waals surface area contributed by atoms with E-state index in [9.17, 15) is 9.36 Å². The minimum absolute atomic E-state index is 0.308. The Morgan fingerprint density at radius 2 is 2.14 bits per heavy atom. The Labute approximate surface area is 83.4 Å². The minimum atomic E-state index is -4.15. The molecule has 6 heteroatoms. The molecule has 0 aromatic heterocycles. The van der Waals surface area contributed by atoms with Gasteiger partial charge >= 0.3 is 7.60 Å². The molecule has 0 rings (SSSR count). The molecule has 1 amide bonds. The van der Waals surface area contributed by atoms with E-state index in [1.807, 2.05) is 0 Å². The maximum absolute atomic E-state index is 11.0. The van der Waals surface area contributed by atoms with Crippen molar-refractivity contribution in [1.82, 2.24) is 5.32 Å². The Bertz CT molecular complexity index is 260. The molecule has 14 heavy (non-hydrogen) atoms. The first kappa shape index (κ1) is 13.4. The van der Waals surface area contributed by atoms with Gasteiger partial charge in [0.1, 0.15) is 0 Å². The lowest BCUT2D eigenvalue weighted by atomic mass is 10.2. The summed E-state index contributed by atoms with van der Waals surface area (Å²) in [5, 5.41) is 2.44. The van der Waals surface area contributed by atoms with Crippen LogP contribution in [0, 0.1) is 0 Å². The second-order valence-electron chi connectivity index (χ2n) is 3.07. The Hall–Kier alpha value is -0.640. The summed E-state index contributed by atoms with van der Waals surface area (Å²) < 4.78 is 11.0. The number of amides is 1. The van der Waals surface area contributed by atoms with Crippen LogP contribution in [0.15, 0.2) is 12.7 Å². The summed E-state index contributed by atoms with van der Waals surface area (Å²) in [5.41, 5.74) is -0.841. The summed E-state index contributed by atoms with van der Waals surface area (Å²) in [6.07, 6.45) is 1.38. The van der Waals surface area contributed by atoms with Crippen molar-refractivity contribution in [3.63, 3.8) is 0 Å². The predicted octanol–water partition coefficient (Wildman–Crippen LogP) is 0.633. The SMILES string of the molecule is C=CC(=O)NC(C)C(CC)P(=O)(O)O. The molecule has 0 aliphatic heterocycles. The van der Waals surface area contributed by atoms with Crippen LogP contribution >= 0.6 is 7.60 Å². The van der Waals surface area contributed by atoms with Gasteiger partial charge < -0.3 is 15.1 Å². The van der Waals surface area contributed by atoms with Gasteiger partial charge in [-0.2, -0.15) is 0 Å². The summed E-state index contributed by atoms with van der Waals surface area (Å²) in [7, 11) is -4.15. The van der Waals surface area contributed by atoms with Gasteiger partial charge in [0.05, 0.1) is 5.66 Å². The van der Waals surface area contributed by atoms with Gasteiger partial charge in [0, 0.05) is 6.04 Å². The van der Waals surface area contributed by atoms with E-state index in [-0.39, 0.29) is 0 Å². The van der Waals surface area contributed by atoms with E-state index in [1.165, 1.54) is 0 Å². The Kier molecular flexibility index (Phi) is 5.05. The van der Waals surface area contributed by atoms with E-state index in [0.29, 0.717) is 6.42 Å². The van der Waals surface area contributed by atoms with Crippen LogP contribution in [0.5, 0.6) is 0 Å². The Morgan fingerprint density at radius 1 is 1.64 bits per heavy atom. The molecule has 0 saturated carbocycles. The summed E-state index contributed by atoms with van der Waals surface area (Å²) >= 11 is 0. The van der Waals surface area contributed by atoms with Crippen LogP contribution < -0.4 is 5.32 Å². The summed E-state index contributed by atoms with van der Waals surface area (Å²) in [6.45, 7) is 6.49. The monoisotopic (exact) mass is 221 g/mol. The second kappa shape index (κ2) is 5.29. The maximum Gasteiger partial charge on any atom is 0.330 e. The van der Waals surface area contributed by atoms with E-state index in [1.54, 1.807) is 13.8 Å². The first-order chi connectivity index (χ1) is 6.32. The number of hydrogen-bond acceptors (Lipinski definition) is 2. The lowest BCUT2D eigenvalue weighted by molar-refractivity contribution is -0.117. The molecular formula is C8H16NO4P. The quantitative estimate of drug-likeness (QED) is 0.469. The van der Waals surface area contributed by atoms with E-state index in [0.717, 1.165) is 6.08 Å². The zero-order valence-corrected chi connectivity index (χ0v) is 9.20. The van der Waals surface area contributed by atoms with Gasteiger partial charge in [0.15, 0.2) is 0 Å². The highest BCUT2D eigenvalue weighted by Gasteiger charge is 2.32. The van der Waals surface area contributed by atoms with Crippen LogP contribution in [-0.4, -0.2) is 27.4 Å². The number of rotatable bonds is 5. The average Bonchev–Trinajstić information content (AvgIpc) is 2.02. The zero-order valence-electron chi connectivity index (χ0n) is 8.30. The molecule has 3 N–H and O–H groups in total. The van der Waals surface area contributed by atoms with Gasteiger partial charge in [-0.25, -0.2) is 0 Å². The molecule has 0 fully saturated rings. The van der Waals surface area contributed by atoms with Crippen molar-refractivity contribution in [2.45, 2.75) is 32.0 Å². The largest absolute Gasteiger partial charge is 0.349 e. The first-order valence-corrected chi connectivity index (χ1v) is 5.99. The van der Waals surface area contributed by atoms with Crippen molar-refractivity contribution in [3.8, 4) is 0 Å². The molecule has 0 aliphatic rings. The third kappa shape index (κ3) is 4.05. The molecule has 0 heterocycles. The van der Waals surface area contributed by atoms with Crippen molar-refractivity contribution in [2.24, 2.45) is 0 Å². The molecule has 0 aliphatic carbocycles. The third-order valence-electron chi connectivity index (χ3n) is 1.98. The summed E-state index contributed by atoms with van der Waals surface area (Å²) in [4.78, 5) is 28.8. The fraction of sp³-hybridized carbons (Fsp3) is 0.625. The molecule has 2 atom stereocenters. The van der Waals surface area contributed by atoms with Gasteiger partial charge in [0.2, 0.25) is 5.91 Å². The van der Waals surface area contributed by atoms with Crippen LogP contribution in [0.3, 0.4) is 0 Å². The van der Waals surface area contributed by atoms with Crippen LogP contribution in [0.1, 0.15) is 20.3 Å². The van der Waals surface area contributed by atoms with Gasteiger partial charge in [-0.15, -0.1) is 0 Å². The van der Waals surface area contributed by atoms with Gasteiger partial charge in [-0.1, -0.05) is 13.5 Å². The fourth-order valence-electron chi connectivity index (χ4n) is 1.26. The van der Waals surface area contributed by atoms with E-state index in [2.05, 4.69) is 11.9 Å². The van der Waals surface area contributed by atoms with Crippen molar-refractivity contribution in [3.05, 3.63) is 12.7 Å². The molecular weight excluding hydrogens is 205 g/mol. The summed E-state index contributed by atoms with van der Waals surface area (Å²) in [5.74, 6) is -0.426. The van der Waals surface area contributed by atoms with Crippen LogP contribution in [0.2, 0.25) is 0 Å². The van der Waals surface area contributed by atoms with E-state index in [4.69, 9.17) is 9.79 Å².